The largest absolute Gasteiger partial charge is 0.481 e. The minimum Gasteiger partial charge on any atom is -0.481 e. The van der Waals surface area contributed by atoms with Crippen LogP contribution in [0.4, 0.5) is 0 Å². The molecule has 0 aromatic heterocycles. The van der Waals surface area contributed by atoms with Crippen molar-refractivity contribution in [2.24, 2.45) is 27.2 Å². The lowest BCUT2D eigenvalue weighted by atomic mass is 9.65. The third kappa shape index (κ3) is 0.840. The van der Waals surface area contributed by atoms with Crippen LogP contribution in [-0.2, 0) is 4.79 Å². The lowest BCUT2D eigenvalue weighted by Crippen LogP contribution is -2.40. The molecule has 2 saturated carbocycles. The summed E-state index contributed by atoms with van der Waals surface area (Å²) in [4.78, 5) is 11.5. The molecule has 0 radical (unpaired) electrons. The second kappa shape index (κ2) is 2.54. The van der Waals surface area contributed by atoms with E-state index in [1.807, 2.05) is 13.8 Å². The number of carboxylic acid groups (broad SMARTS) is 1. The maximum Gasteiger partial charge on any atom is 0.310 e. The summed E-state index contributed by atoms with van der Waals surface area (Å²) in [5.74, 6) is 4.68. The van der Waals surface area contributed by atoms with Crippen molar-refractivity contribution < 1.29 is 9.90 Å². The smallest absolute Gasteiger partial charge is 0.310 e. The number of fused-ring (bicyclic) bond motifs is 2. The second-order valence-electron chi connectivity index (χ2n) is 5.60. The molecule has 0 aliphatic heterocycles. The van der Waals surface area contributed by atoms with Crippen molar-refractivity contribution in [3.63, 3.8) is 0 Å². The normalized spacial score (nSPS) is 44.9. The number of hydrogen-bond donors (Lipinski definition) is 2. The number of nitrogens with two attached hydrogens (primary N) is 1. The van der Waals surface area contributed by atoms with E-state index in [9.17, 15) is 9.90 Å². The Morgan fingerprint density at radius 3 is 2.33 bits per heavy atom. The highest BCUT2D eigenvalue weighted by Crippen LogP contribution is 2.70. The molecule has 0 heterocycles. The van der Waals surface area contributed by atoms with E-state index < -0.39 is 11.4 Å². The van der Waals surface area contributed by atoms with Crippen LogP contribution in [0, 0.1) is 16.2 Å². The van der Waals surface area contributed by atoms with Crippen LogP contribution >= 0.6 is 0 Å². The van der Waals surface area contributed by atoms with Gasteiger partial charge in [0.1, 0.15) is 0 Å². The number of aliphatic carboxylic acids is 1. The molecule has 0 amide bonds. The Kier molecular flexibility index (Phi) is 1.77. The Morgan fingerprint density at radius 2 is 2.00 bits per heavy atom. The molecular formula is C11H18N2O2. The first-order chi connectivity index (χ1) is 6.82. The molecule has 0 aromatic rings. The SMILES string of the molecule is CC12CCC(C(=O)O)(C/C1=N\N)C2(C)C. The summed E-state index contributed by atoms with van der Waals surface area (Å²) in [6, 6.07) is 0. The fraction of sp³-hybridized carbons (Fsp3) is 0.818. The molecule has 4 nitrogen and oxygen atoms in total. The van der Waals surface area contributed by atoms with Crippen LogP contribution in [-0.4, -0.2) is 16.8 Å². The fourth-order valence-electron chi connectivity index (χ4n) is 3.55. The van der Waals surface area contributed by atoms with E-state index in [4.69, 9.17) is 5.84 Å². The molecule has 0 saturated heterocycles. The minimum absolute atomic E-state index is 0.139. The number of nitrogens with zero attached hydrogens (tertiary/aromatic N) is 1. The molecule has 15 heavy (non-hydrogen) atoms. The monoisotopic (exact) mass is 210 g/mol. The zero-order chi connectivity index (χ0) is 11.5. The summed E-state index contributed by atoms with van der Waals surface area (Å²) in [6.45, 7) is 6.16. The van der Waals surface area contributed by atoms with Crippen molar-refractivity contribution in [2.75, 3.05) is 0 Å². The molecule has 2 unspecified atom stereocenters. The predicted molar refractivity (Wildman–Crippen MR) is 57.4 cm³/mol. The number of carboxylic acids is 1. The fourth-order valence-corrected chi connectivity index (χ4v) is 3.55. The zero-order valence-corrected chi connectivity index (χ0v) is 9.50. The van der Waals surface area contributed by atoms with Crippen LogP contribution in [0.2, 0.25) is 0 Å². The molecule has 2 rings (SSSR count). The lowest BCUT2D eigenvalue weighted by molar-refractivity contribution is -0.154. The highest BCUT2D eigenvalue weighted by atomic mass is 16.4. The Morgan fingerprint density at radius 1 is 1.40 bits per heavy atom. The summed E-state index contributed by atoms with van der Waals surface area (Å²) in [5.41, 5.74) is -0.175. The van der Waals surface area contributed by atoms with E-state index in [0.717, 1.165) is 18.6 Å². The third-order valence-electron chi connectivity index (χ3n) is 5.30. The van der Waals surface area contributed by atoms with Gasteiger partial charge in [0, 0.05) is 17.5 Å². The van der Waals surface area contributed by atoms with Crippen LogP contribution in [0.3, 0.4) is 0 Å². The van der Waals surface area contributed by atoms with Crippen molar-refractivity contribution >= 4 is 11.7 Å². The summed E-state index contributed by atoms with van der Waals surface area (Å²) < 4.78 is 0. The summed E-state index contributed by atoms with van der Waals surface area (Å²) in [7, 11) is 0. The highest BCUT2D eigenvalue weighted by molar-refractivity contribution is 6.00. The Labute approximate surface area is 89.5 Å². The van der Waals surface area contributed by atoms with Gasteiger partial charge in [-0.2, -0.15) is 5.10 Å². The van der Waals surface area contributed by atoms with Crippen LogP contribution in [0.25, 0.3) is 0 Å². The van der Waals surface area contributed by atoms with E-state index in [2.05, 4.69) is 12.0 Å². The molecule has 3 N–H and O–H groups in total. The first kappa shape index (κ1) is 10.5. The molecule has 4 heteroatoms. The number of hydrogen-bond acceptors (Lipinski definition) is 3. The second-order valence-corrected chi connectivity index (χ2v) is 5.60. The average Bonchev–Trinajstić information content (AvgIpc) is 2.46. The number of hydrazone groups is 1. The standard InChI is InChI=1S/C11H18N2O2/c1-9(2)10(3)4-5-11(9,8(14)15)6-7(10)13-12/h4-6,12H2,1-3H3,(H,14,15)/b13-7+. The van der Waals surface area contributed by atoms with Gasteiger partial charge < -0.3 is 10.9 Å². The van der Waals surface area contributed by atoms with Gasteiger partial charge in [-0.3, -0.25) is 4.79 Å². The van der Waals surface area contributed by atoms with Gasteiger partial charge in [-0.25, -0.2) is 0 Å². The molecule has 2 atom stereocenters. The Balaban J connectivity index is 2.61. The third-order valence-corrected chi connectivity index (χ3v) is 5.30. The zero-order valence-electron chi connectivity index (χ0n) is 9.50. The van der Waals surface area contributed by atoms with Gasteiger partial charge in [-0.15, -0.1) is 0 Å². The van der Waals surface area contributed by atoms with Gasteiger partial charge in [0.05, 0.1) is 5.41 Å². The first-order valence-corrected chi connectivity index (χ1v) is 5.32. The maximum atomic E-state index is 11.5. The van der Waals surface area contributed by atoms with Gasteiger partial charge in [0.15, 0.2) is 0 Å². The molecular weight excluding hydrogens is 192 g/mol. The van der Waals surface area contributed by atoms with Crippen molar-refractivity contribution in [3.8, 4) is 0 Å². The first-order valence-electron chi connectivity index (χ1n) is 5.32. The molecule has 0 aromatic carbocycles. The van der Waals surface area contributed by atoms with Gasteiger partial charge in [0.2, 0.25) is 0 Å². The predicted octanol–water partition coefficient (Wildman–Crippen LogP) is 1.60. The Bertz CT molecular complexity index is 362. The van der Waals surface area contributed by atoms with Gasteiger partial charge >= 0.3 is 5.97 Å². The van der Waals surface area contributed by atoms with E-state index in [-0.39, 0.29) is 10.8 Å². The van der Waals surface area contributed by atoms with E-state index in [1.54, 1.807) is 0 Å². The van der Waals surface area contributed by atoms with Crippen molar-refractivity contribution in [2.45, 2.75) is 40.0 Å². The summed E-state index contributed by atoms with van der Waals surface area (Å²) in [5, 5.41) is 13.3. The number of carbonyl (C=O) groups is 1. The maximum absolute atomic E-state index is 11.5. The van der Waals surface area contributed by atoms with Crippen LogP contribution in [0.15, 0.2) is 5.10 Å². The van der Waals surface area contributed by atoms with Gasteiger partial charge in [-0.1, -0.05) is 20.8 Å². The van der Waals surface area contributed by atoms with Crippen molar-refractivity contribution in [1.29, 1.82) is 0 Å². The molecule has 2 aliphatic rings. The molecule has 0 spiro atoms. The van der Waals surface area contributed by atoms with Gasteiger partial charge in [0.25, 0.3) is 0 Å². The van der Waals surface area contributed by atoms with Gasteiger partial charge in [-0.05, 0) is 18.3 Å². The Hall–Kier alpha value is -1.06. The number of rotatable bonds is 1. The van der Waals surface area contributed by atoms with Crippen molar-refractivity contribution in [3.05, 3.63) is 0 Å². The van der Waals surface area contributed by atoms with Crippen LogP contribution in [0.5, 0.6) is 0 Å². The summed E-state index contributed by atoms with van der Waals surface area (Å²) >= 11 is 0. The highest BCUT2D eigenvalue weighted by Gasteiger charge is 2.71. The quantitative estimate of drug-likeness (QED) is 0.510. The van der Waals surface area contributed by atoms with E-state index in [0.29, 0.717) is 6.42 Å². The minimum atomic E-state index is -0.699. The molecule has 2 bridgehead atoms. The van der Waals surface area contributed by atoms with Crippen LogP contribution < -0.4 is 5.84 Å². The van der Waals surface area contributed by atoms with E-state index >= 15 is 0 Å². The molecule has 2 aliphatic carbocycles. The van der Waals surface area contributed by atoms with Crippen LogP contribution in [0.1, 0.15) is 40.0 Å². The summed E-state index contributed by atoms with van der Waals surface area (Å²) in [6.07, 6.45) is 2.13. The average molecular weight is 210 g/mol. The molecule has 2 fully saturated rings. The van der Waals surface area contributed by atoms with E-state index in [1.165, 1.54) is 0 Å². The lowest BCUT2D eigenvalue weighted by Gasteiger charge is -2.37. The van der Waals surface area contributed by atoms with Crippen molar-refractivity contribution in [1.82, 2.24) is 0 Å². The molecule has 84 valence electrons. The topological polar surface area (TPSA) is 75.7 Å².